The molecule has 3 rings (SSSR count). The van der Waals surface area contributed by atoms with Crippen LogP contribution in [-0.4, -0.2) is 73.4 Å². The Morgan fingerprint density at radius 3 is 2.56 bits per heavy atom. The Morgan fingerprint density at radius 1 is 1.20 bits per heavy atom. The van der Waals surface area contributed by atoms with Gasteiger partial charge in [0, 0.05) is 38.3 Å². The van der Waals surface area contributed by atoms with E-state index in [0.29, 0.717) is 31.9 Å². The highest BCUT2D eigenvalue weighted by Crippen LogP contribution is 2.28. The summed E-state index contributed by atoms with van der Waals surface area (Å²) in [7, 11) is -3.17. The Morgan fingerprint density at radius 2 is 1.92 bits per heavy atom. The molecule has 1 aliphatic heterocycles. The van der Waals surface area contributed by atoms with Crippen molar-refractivity contribution in [3.63, 3.8) is 0 Å². The van der Waals surface area contributed by atoms with Crippen LogP contribution in [0.25, 0.3) is 0 Å². The first kappa shape index (κ1) is 18.6. The highest BCUT2D eigenvalue weighted by molar-refractivity contribution is 7.88. The summed E-state index contributed by atoms with van der Waals surface area (Å²) < 4.78 is 43.9. The number of rotatable bonds is 4. The predicted molar refractivity (Wildman–Crippen MR) is 92.5 cm³/mol. The van der Waals surface area contributed by atoms with E-state index in [9.17, 15) is 17.9 Å². The maximum absolute atomic E-state index is 13.3. The van der Waals surface area contributed by atoms with E-state index in [1.54, 1.807) is 12.1 Å². The molecule has 0 aromatic heterocycles. The van der Waals surface area contributed by atoms with Gasteiger partial charge in [0.1, 0.15) is 23.8 Å². The molecule has 0 amide bonds. The van der Waals surface area contributed by atoms with Gasteiger partial charge in [-0.3, -0.25) is 4.90 Å². The highest BCUT2D eigenvalue weighted by atomic mass is 32.2. The van der Waals surface area contributed by atoms with Crippen LogP contribution in [0.15, 0.2) is 24.3 Å². The number of hydrogen-bond acceptors (Lipinski definition) is 5. The van der Waals surface area contributed by atoms with Crippen LogP contribution in [0.3, 0.4) is 0 Å². The van der Waals surface area contributed by atoms with E-state index in [1.165, 1.54) is 22.7 Å². The minimum atomic E-state index is -3.17. The number of hydrogen-bond donors (Lipinski definition) is 1. The summed E-state index contributed by atoms with van der Waals surface area (Å²) in [4.78, 5) is 2.15. The quantitative estimate of drug-likeness (QED) is 0.856. The molecule has 1 N–H and O–H groups in total. The third-order valence-corrected chi connectivity index (χ3v) is 6.36. The molecule has 3 atom stereocenters. The lowest BCUT2D eigenvalue weighted by molar-refractivity contribution is -0.0593. The highest BCUT2D eigenvalue weighted by Gasteiger charge is 2.38. The van der Waals surface area contributed by atoms with E-state index in [4.69, 9.17) is 4.74 Å². The molecule has 25 heavy (non-hydrogen) atoms. The van der Waals surface area contributed by atoms with Crippen molar-refractivity contribution in [1.29, 1.82) is 0 Å². The number of ether oxygens (including phenoxy) is 1. The van der Waals surface area contributed by atoms with Crippen molar-refractivity contribution >= 4 is 10.0 Å². The molecule has 1 aromatic rings. The van der Waals surface area contributed by atoms with Gasteiger partial charge in [0.05, 0.1) is 6.26 Å². The zero-order valence-electron chi connectivity index (χ0n) is 14.3. The van der Waals surface area contributed by atoms with Crippen molar-refractivity contribution in [1.82, 2.24) is 9.21 Å². The molecule has 1 aromatic carbocycles. The normalized spacial score (nSPS) is 29.5. The molecule has 8 heteroatoms. The fourth-order valence-electron chi connectivity index (χ4n) is 3.73. The molecule has 2 fully saturated rings. The van der Waals surface area contributed by atoms with Crippen LogP contribution >= 0.6 is 0 Å². The van der Waals surface area contributed by atoms with E-state index >= 15 is 0 Å². The van der Waals surface area contributed by atoms with E-state index < -0.39 is 16.1 Å². The Balaban J connectivity index is 1.61. The molecule has 140 valence electrons. The van der Waals surface area contributed by atoms with Crippen molar-refractivity contribution in [3.8, 4) is 5.75 Å². The molecule has 1 saturated heterocycles. The third-order valence-electron chi connectivity index (χ3n) is 5.06. The molecule has 0 bridgehead atoms. The molecule has 1 aliphatic carbocycles. The molecular formula is C17H25FN2O4S. The van der Waals surface area contributed by atoms with Crippen molar-refractivity contribution in [2.45, 2.75) is 37.5 Å². The van der Waals surface area contributed by atoms with Gasteiger partial charge in [-0.1, -0.05) is 6.07 Å². The van der Waals surface area contributed by atoms with E-state index in [-0.39, 0.29) is 18.0 Å². The number of piperazine rings is 1. The third kappa shape index (κ3) is 4.49. The van der Waals surface area contributed by atoms with Crippen LogP contribution in [0.2, 0.25) is 0 Å². The average Bonchev–Trinajstić information content (AvgIpc) is 2.56. The number of halogens is 1. The summed E-state index contributed by atoms with van der Waals surface area (Å²) >= 11 is 0. The lowest BCUT2D eigenvalue weighted by atomic mass is 9.88. The second kappa shape index (κ2) is 7.57. The van der Waals surface area contributed by atoms with E-state index in [2.05, 4.69) is 4.90 Å². The first-order valence-corrected chi connectivity index (χ1v) is 10.5. The minimum absolute atomic E-state index is 0.0611. The van der Waals surface area contributed by atoms with Crippen LogP contribution in [0.4, 0.5) is 4.39 Å². The van der Waals surface area contributed by atoms with Crippen LogP contribution < -0.4 is 4.74 Å². The maximum atomic E-state index is 13.3. The fraction of sp³-hybridized carbons (Fsp3) is 0.647. The summed E-state index contributed by atoms with van der Waals surface area (Å²) in [6, 6.07) is 5.88. The lowest BCUT2D eigenvalue weighted by Gasteiger charge is -2.44. The van der Waals surface area contributed by atoms with Crippen LogP contribution in [0.5, 0.6) is 5.75 Å². The molecule has 0 unspecified atom stereocenters. The summed E-state index contributed by atoms with van der Waals surface area (Å²) in [6.45, 7) is 2.08. The predicted octanol–water partition coefficient (Wildman–Crippen LogP) is 1.06. The van der Waals surface area contributed by atoms with Gasteiger partial charge in [-0.05, 0) is 31.4 Å². The Bertz CT molecular complexity index is 692. The van der Waals surface area contributed by atoms with Gasteiger partial charge in [-0.25, -0.2) is 12.8 Å². The molecule has 2 aliphatic rings. The summed E-state index contributed by atoms with van der Waals surface area (Å²) in [5.41, 5.74) is 0. The maximum Gasteiger partial charge on any atom is 0.211 e. The Hall–Kier alpha value is -1.22. The van der Waals surface area contributed by atoms with Crippen molar-refractivity contribution in [2.24, 2.45) is 0 Å². The summed E-state index contributed by atoms with van der Waals surface area (Å²) in [6.07, 6.45) is 2.64. The van der Waals surface area contributed by atoms with E-state index in [1.807, 2.05) is 0 Å². The summed E-state index contributed by atoms with van der Waals surface area (Å²) in [5, 5.41) is 10.7. The molecule has 0 spiro atoms. The zero-order valence-corrected chi connectivity index (χ0v) is 15.2. The second-order valence-electron chi connectivity index (χ2n) is 6.80. The minimum Gasteiger partial charge on any atom is -0.488 e. The first-order valence-electron chi connectivity index (χ1n) is 8.64. The smallest absolute Gasteiger partial charge is 0.211 e. The van der Waals surface area contributed by atoms with Crippen molar-refractivity contribution in [3.05, 3.63) is 30.1 Å². The van der Waals surface area contributed by atoms with Gasteiger partial charge in [0.15, 0.2) is 0 Å². The standard InChI is InChI=1S/C17H25FN2O4S/c1-25(22,23)20-10-8-19(9-11-20)15-6-3-7-16(17(15)21)24-14-5-2-4-13(18)12-14/h2,4-5,12,15-17,21H,3,6-11H2,1H3/t15-,16+,17+/m0/s1. The van der Waals surface area contributed by atoms with Crippen LogP contribution in [0.1, 0.15) is 19.3 Å². The lowest BCUT2D eigenvalue weighted by Crippen LogP contribution is -2.58. The van der Waals surface area contributed by atoms with Gasteiger partial charge >= 0.3 is 0 Å². The molecular weight excluding hydrogens is 347 g/mol. The Kier molecular flexibility index (Phi) is 5.62. The summed E-state index contributed by atoms with van der Waals surface area (Å²) in [5.74, 6) is 0.0582. The molecule has 0 radical (unpaired) electrons. The zero-order chi connectivity index (χ0) is 18.0. The topological polar surface area (TPSA) is 70.1 Å². The van der Waals surface area contributed by atoms with Gasteiger partial charge in [-0.15, -0.1) is 0 Å². The first-order chi connectivity index (χ1) is 11.8. The Labute approximate surface area is 148 Å². The average molecular weight is 372 g/mol. The van der Waals surface area contributed by atoms with Gasteiger partial charge in [0.2, 0.25) is 10.0 Å². The molecule has 6 nitrogen and oxygen atoms in total. The van der Waals surface area contributed by atoms with E-state index in [0.717, 1.165) is 19.3 Å². The fourth-order valence-corrected chi connectivity index (χ4v) is 4.55. The largest absolute Gasteiger partial charge is 0.488 e. The van der Waals surface area contributed by atoms with Crippen molar-refractivity contribution in [2.75, 3.05) is 32.4 Å². The second-order valence-corrected chi connectivity index (χ2v) is 8.78. The number of benzene rings is 1. The molecule has 1 saturated carbocycles. The van der Waals surface area contributed by atoms with Gasteiger partial charge < -0.3 is 9.84 Å². The van der Waals surface area contributed by atoms with Gasteiger partial charge in [-0.2, -0.15) is 4.31 Å². The number of sulfonamides is 1. The SMILES string of the molecule is CS(=O)(=O)N1CCN([C@H]2CCC[C@@H](Oc3cccc(F)c3)[C@@H]2O)CC1. The number of aliphatic hydroxyl groups excluding tert-OH is 1. The van der Waals surface area contributed by atoms with Crippen LogP contribution in [-0.2, 0) is 10.0 Å². The van der Waals surface area contributed by atoms with Crippen LogP contribution in [0, 0.1) is 5.82 Å². The monoisotopic (exact) mass is 372 g/mol. The van der Waals surface area contributed by atoms with Gasteiger partial charge in [0.25, 0.3) is 0 Å². The molecule has 1 heterocycles. The van der Waals surface area contributed by atoms with Crippen molar-refractivity contribution < 1.29 is 22.7 Å². The number of aliphatic hydroxyl groups is 1. The number of nitrogens with zero attached hydrogens (tertiary/aromatic N) is 2.